The van der Waals surface area contributed by atoms with E-state index >= 15 is 0 Å². The van der Waals surface area contributed by atoms with Crippen molar-refractivity contribution in [2.24, 2.45) is 0 Å². The van der Waals surface area contributed by atoms with Crippen molar-refractivity contribution in [2.75, 3.05) is 16.4 Å². The summed E-state index contributed by atoms with van der Waals surface area (Å²) in [7, 11) is -3.42. The molecule has 0 bridgehead atoms. The Bertz CT molecular complexity index is 467. The Morgan fingerprint density at radius 1 is 1.44 bits per heavy atom. The summed E-state index contributed by atoms with van der Waals surface area (Å²) in [5.41, 5.74) is 0.316. The molecular weight excluding hydrogens is 321 g/mol. The Labute approximate surface area is 107 Å². The fourth-order valence-corrected chi connectivity index (χ4v) is 3.05. The molecule has 3 nitrogen and oxygen atoms in total. The number of anilines is 1. The largest absolute Gasteiger partial charge is 0.282 e. The number of hydrogen-bond donors (Lipinski definition) is 1. The minimum Gasteiger partial charge on any atom is -0.282 e. The molecule has 1 N–H and O–H groups in total. The van der Waals surface area contributed by atoms with Gasteiger partial charge in [-0.25, -0.2) is 12.8 Å². The zero-order valence-electron chi connectivity index (χ0n) is 8.21. The quantitative estimate of drug-likeness (QED) is 0.844. The van der Waals surface area contributed by atoms with E-state index in [-0.39, 0.29) is 11.6 Å². The van der Waals surface area contributed by atoms with Gasteiger partial charge in [-0.15, -0.1) is 11.6 Å². The van der Waals surface area contributed by atoms with E-state index in [9.17, 15) is 12.8 Å². The summed E-state index contributed by atoms with van der Waals surface area (Å²) < 4.78 is 38.5. The maximum atomic E-state index is 12.8. The van der Waals surface area contributed by atoms with Crippen LogP contribution in [0.2, 0.25) is 0 Å². The fourth-order valence-electron chi connectivity index (χ4n) is 1.04. The third-order valence-corrected chi connectivity index (χ3v) is 4.02. The number of hydrogen-bond acceptors (Lipinski definition) is 2. The smallest absolute Gasteiger partial charge is 0.232 e. The van der Waals surface area contributed by atoms with Crippen LogP contribution in [-0.4, -0.2) is 20.1 Å². The van der Waals surface area contributed by atoms with Gasteiger partial charge in [-0.3, -0.25) is 4.72 Å². The van der Waals surface area contributed by atoms with Crippen LogP contribution in [0.4, 0.5) is 10.1 Å². The monoisotopic (exact) mass is 329 g/mol. The molecule has 0 amide bonds. The molecule has 90 valence electrons. The third-order valence-electron chi connectivity index (χ3n) is 1.74. The van der Waals surface area contributed by atoms with Gasteiger partial charge in [0.05, 0.1) is 11.4 Å². The van der Waals surface area contributed by atoms with Crippen molar-refractivity contribution in [3.8, 4) is 0 Å². The summed E-state index contributed by atoms with van der Waals surface area (Å²) >= 11 is 8.49. The number of sulfonamides is 1. The predicted octanol–water partition coefficient (Wildman–Crippen LogP) is 2.96. The lowest BCUT2D eigenvalue weighted by Crippen LogP contribution is -2.17. The molecule has 0 unspecified atom stereocenters. The molecule has 0 aromatic heterocycles. The van der Waals surface area contributed by atoms with Gasteiger partial charge in [0.25, 0.3) is 0 Å². The molecule has 0 atom stereocenters. The Hall–Kier alpha value is -0.330. The first-order valence-corrected chi connectivity index (χ1v) is 7.44. The first-order chi connectivity index (χ1) is 7.44. The van der Waals surface area contributed by atoms with Crippen LogP contribution in [-0.2, 0) is 10.0 Å². The van der Waals surface area contributed by atoms with Crippen molar-refractivity contribution in [3.05, 3.63) is 28.5 Å². The lowest BCUT2D eigenvalue weighted by atomic mass is 10.3. The van der Waals surface area contributed by atoms with Crippen LogP contribution in [0.3, 0.4) is 0 Å². The molecule has 0 spiro atoms. The molecule has 0 radical (unpaired) electrons. The highest BCUT2D eigenvalue weighted by Gasteiger charge is 2.11. The molecular formula is C9H10BrClFNO2S. The second kappa shape index (κ2) is 5.84. The average molecular weight is 331 g/mol. The summed E-state index contributed by atoms with van der Waals surface area (Å²) in [4.78, 5) is 0. The molecule has 16 heavy (non-hydrogen) atoms. The Balaban J connectivity index is 2.80. The van der Waals surface area contributed by atoms with Crippen molar-refractivity contribution in [3.63, 3.8) is 0 Å². The molecule has 1 aromatic rings. The van der Waals surface area contributed by atoms with Crippen molar-refractivity contribution >= 4 is 43.2 Å². The van der Waals surface area contributed by atoms with Gasteiger partial charge in [0.15, 0.2) is 0 Å². The van der Waals surface area contributed by atoms with Crippen LogP contribution >= 0.6 is 27.5 Å². The maximum Gasteiger partial charge on any atom is 0.232 e. The van der Waals surface area contributed by atoms with E-state index in [0.717, 1.165) is 0 Å². The standard InChI is InChI=1S/C9H10BrClFNO2S/c10-8-6-7(12)2-3-9(8)13-16(14,15)5-1-4-11/h2-3,6,13H,1,4-5H2. The number of benzene rings is 1. The van der Waals surface area contributed by atoms with Gasteiger partial charge in [0, 0.05) is 10.4 Å². The van der Waals surface area contributed by atoms with Gasteiger partial charge in [-0.1, -0.05) is 0 Å². The van der Waals surface area contributed by atoms with E-state index in [0.29, 0.717) is 16.6 Å². The molecule has 7 heteroatoms. The normalized spacial score (nSPS) is 11.4. The zero-order chi connectivity index (χ0) is 12.2. The molecule has 0 saturated heterocycles. The number of rotatable bonds is 5. The van der Waals surface area contributed by atoms with Crippen molar-refractivity contribution in [1.82, 2.24) is 0 Å². The Kier molecular flexibility index (Phi) is 5.01. The number of halogens is 3. The molecule has 0 aliphatic rings. The molecule has 0 aliphatic heterocycles. The first kappa shape index (κ1) is 13.7. The molecule has 0 fully saturated rings. The number of alkyl halides is 1. The van der Waals surface area contributed by atoms with Crippen LogP contribution in [0.5, 0.6) is 0 Å². The van der Waals surface area contributed by atoms with E-state index in [2.05, 4.69) is 20.7 Å². The second-order valence-corrected chi connectivity index (χ2v) is 6.16. The molecule has 1 aromatic carbocycles. The van der Waals surface area contributed by atoms with Gasteiger partial charge in [0.2, 0.25) is 10.0 Å². The average Bonchev–Trinajstić information content (AvgIpc) is 2.19. The van der Waals surface area contributed by atoms with Gasteiger partial charge >= 0.3 is 0 Å². The summed E-state index contributed by atoms with van der Waals surface area (Å²) in [5.74, 6) is -0.207. The first-order valence-electron chi connectivity index (χ1n) is 4.46. The highest BCUT2D eigenvalue weighted by molar-refractivity contribution is 9.10. The lowest BCUT2D eigenvalue weighted by molar-refractivity contribution is 0.599. The van der Waals surface area contributed by atoms with E-state index in [1.165, 1.54) is 18.2 Å². The van der Waals surface area contributed by atoms with Gasteiger partial charge in [-0.05, 0) is 40.5 Å². The maximum absolute atomic E-state index is 12.8. The van der Waals surface area contributed by atoms with Gasteiger partial charge < -0.3 is 0 Å². The van der Waals surface area contributed by atoms with E-state index in [1.54, 1.807) is 0 Å². The Morgan fingerprint density at radius 2 is 2.12 bits per heavy atom. The van der Waals surface area contributed by atoms with Crippen LogP contribution in [0.1, 0.15) is 6.42 Å². The highest BCUT2D eigenvalue weighted by Crippen LogP contribution is 2.24. The molecule has 0 aliphatic carbocycles. The van der Waals surface area contributed by atoms with Crippen molar-refractivity contribution < 1.29 is 12.8 Å². The highest BCUT2D eigenvalue weighted by atomic mass is 79.9. The fraction of sp³-hybridized carbons (Fsp3) is 0.333. The number of nitrogens with one attached hydrogen (secondary N) is 1. The third kappa shape index (κ3) is 4.27. The van der Waals surface area contributed by atoms with Crippen LogP contribution < -0.4 is 4.72 Å². The second-order valence-electron chi connectivity index (χ2n) is 3.09. The van der Waals surface area contributed by atoms with Crippen LogP contribution in [0, 0.1) is 5.82 Å². The Morgan fingerprint density at radius 3 is 2.69 bits per heavy atom. The van der Waals surface area contributed by atoms with Crippen LogP contribution in [0.15, 0.2) is 22.7 Å². The van der Waals surface area contributed by atoms with Crippen LogP contribution in [0.25, 0.3) is 0 Å². The van der Waals surface area contributed by atoms with Gasteiger partial charge in [-0.2, -0.15) is 0 Å². The van der Waals surface area contributed by atoms with Crippen molar-refractivity contribution in [1.29, 1.82) is 0 Å². The molecule has 0 heterocycles. The topological polar surface area (TPSA) is 46.2 Å². The minimum atomic E-state index is -3.42. The summed E-state index contributed by atoms with van der Waals surface area (Å²) in [6.45, 7) is 0. The van der Waals surface area contributed by atoms with Gasteiger partial charge in [0.1, 0.15) is 5.82 Å². The molecule has 1 rings (SSSR count). The van der Waals surface area contributed by atoms with E-state index in [4.69, 9.17) is 11.6 Å². The summed E-state index contributed by atoms with van der Waals surface area (Å²) in [5, 5.41) is 0. The summed E-state index contributed by atoms with van der Waals surface area (Å²) in [6, 6.07) is 3.74. The van der Waals surface area contributed by atoms with E-state index in [1.807, 2.05) is 0 Å². The minimum absolute atomic E-state index is 0.0552. The van der Waals surface area contributed by atoms with Crippen molar-refractivity contribution in [2.45, 2.75) is 6.42 Å². The zero-order valence-corrected chi connectivity index (χ0v) is 11.4. The van der Waals surface area contributed by atoms with E-state index < -0.39 is 15.8 Å². The summed E-state index contributed by atoms with van der Waals surface area (Å²) in [6.07, 6.45) is 0.371. The molecule has 0 saturated carbocycles. The SMILES string of the molecule is O=S(=O)(CCCCl)Nc1ccc(F)cc1Br. The predicted molar refractivity (Wildman–Crippen MR) is 66.8 cm³/mol. The lowest BCUT2D eigenvalue weighted by Gasteiger charge is -2.08.